The molecule has 1 radical (unpaired) electrons. The molecule has 0 aliphatic carbocycles. The van der Waals surface area contributed by atoms with Gasteiger partial charge in [-0.25, -0.2) is 0 Å². The largest absolute Gasteiger partial charge is 0.340 e. The zero-order chi connectivity index (χ0) is 5.82. The summed E-state index contributed by atoms with van der Waals surface area (Å²) < 4.78 is 1.76. The molecule has 0 amide bonds. The van der Waals surface area contributed by atoms with Crippen LogP contribution < -0.4 is 0 Å². The van der Waals surface area contributed by atoms with Crippen LogP contribution in [0.4, 0.5) is 0 Å². The first-order chi connectivity index (χ1) is 3.93. The lowest BCUT2D eigenvalue weighted by molar-refractivity contribution is 0.840. The normalized spacial score (nSPS) is 8.38. The van der Waals surface area contributed by atoms with Crippen LogP contribution in [0, 0.1) is 17.4 Å². The Kier molecular flexibility index (Phi) is 1.34. The fourth-order valence-electron chi connectivity index (χ4n) is 0.501. The van der Waals surface area contributed by atoms with E-state index in [4.69, 9.17) is 5.26 Å². The number of rotatable bonds is 1. The highest BCUT2D eigenvalue weighted by Gasteiger charge is 1.80. The van der Waals surface area contributed by atoms with E-state index < -0.39 is 0 Å². The lowest BCUT2D eigenvalue weighted by atomic mass is 10.7. The van der Waals surface area contributed by atoms with Gasteiger partial charge in [0.05, 0.1) is 6.07 Å². The molecule has 0 aliphatic heterocycles. The van der Waals surface area contributed by atoms with Crippen LogP contribution in [0.3, 0.4) is 0 Å². The predicted octanol–water partition coefficient (Wildman–Crippen LogP) is 0.812. The zero-order valence-electron chi connectivity index (χ0n) is 4.33. The van der Waals surface area contributed by atoms with E-state index in [1.165, 1.54) is 0 Å². The van der Waals surface area contributed by atoms with Crippen LogP contribution in [-0.2, 0) is 6.54 Å². The third-order valence-electron chi connectivity index (χ3n) is 0.856. The summed E-state index contributed by atoms with van der Waals surface area (Å²) in [5.74, 6) is 0. The molecule has 0 aliphatic rings. The van der Waals surface area contributed by atoms with Gasteiger partial charge in [-0.05, 0) is 6.07 Å². The summed E-state index contributed by atoms with van der Waals surface area (Å²) >= 11 is 0. The summed E-state index contributed by atoms with van der Waals surface area (Å²) in [5, 5.41) is 8.15. The van der Waals surface area contributed by atoms with Crippen LogP contribution >= 0.6 is 0 Å². The van der Waals surface area contributed by atoms with Crippen LogP contribution in [0.25, 0.3) is 0 Å². The number of aromatic nitrogens is 1. The van der Waals surface area contributed by atoms with Crippen molar-refractivity contribution >= 4 is 0 Å². The Labute approximate surface area is 48.0 Å². The van der Waals surface area contributed by atoms with Crippen LogP contribution in [0.15, 0.2) is 18.5 Å². The quantitative estimate of drug-likeness (QED) is 0.519. The van der Waals surface area contributed by atoms with E-state index in [1.54, 1.807) is 16.8 Å². The Hall–Kier alpha value is -1.23. The van der Waals surface area contributed by atoms with Crippen molar-refractivity contribution in [2.24, 2.45) is 0 Å². The predicted molar refractivity (Wildman–Crippen MR) is 28.9 cm³/mol. The zero-order valence-corrected chi connectivity index (χ0v) is 4.33. The SMILES string of the molecule is N#CCn1c[c]cc1. The molecule has 1 aromatic heterocycles. The van der Waals surface area contributed by atoms with Crippen LogP contribution in [0.1, 0.15) is 0 Å². The molecule has 1 aromatic rings. The summed E-state index contributed by atoms with van der Waals surface area (Å²) in [6.45, 7) is 0.420. The molecular formula is C6H5N2. The molecule has 2 nitrogen and oxygen atoms in total. The summed E-state index contributed by atoms with van der Waals surface area (Å²) in [6, 6.07) is 6.61. The number of nitrogens with zero attached hydrogens (tertiary/aromatic N) is 2. The highest BCUT2D eigenvalue weighted by molar-refractivity contribution is 4.90. The fraction of sp³-hybridized carbons (Fsp3) is 0.167. The maximum atomic E-state index is 8.15. The maximum absolute atomic E-state index is 8.15. The van der Waals surface area contributed by atoms with Gasteiger partial charge in [-0.2, -0.15) is 5.26 Å². The molecule has 1 heterocycles. The second kappa shape index (κ2) is 2.17. The third kappa shape index (κ3) is 0.881. The van der Waals surface area contributed by atoms with Crippen molar-refractivity contribution in [2.75, 3.05) is 0 Å². The van der Waals surface area contributed by atoms with Gasteiger partial charge >= 0.3 is 0 Å². The van der Waals surface area contributed by atoms with Crippen LogP contribution in [-0.4, -0.2) is 4.57 Å². The van der Waals surface area contributed by atoms with Gasteiger partial charge in [0.15, 0.2) is 0 Å². The molecule has 0 atom stereocenters. The smallest absolute Gasteiger partial charge is 0.109 e. The minimum Gasteiger partial charge on any atom is -0.340 e. The first-order valence-electron chi connectivity index (χ1n) is 2.32. The van der Waals surface area contributed by atoms with Crippen molar-refractivity contribution in [3.8, 4) is 6.07 Å². The number of hydrogen-bond acceptors (Lipinski definition) is 1. The second-order valence-corrected chi connectivity index (χ2v) is 1.44. The van der Waals surface area contributed by atoms with Gasteiger partial charge in [0.2, 0.25) is 0 Å². The van der Waals surface area contributed by atoms with Gasteiger partial charge in [-0.1, -0.05) is 0 Å². The van der Waals surface area contributed by atoms with Crippen molar-refractivity contribution in [2.45, 2.75) is 6.54 Å². The van der Waals surface area contributed by atoms with E-state index in [0.717, 1.165) is 0 Å². The number of nitriles is 1. The molecule has 0 saturated heterocycles. The highest BCUT2D eigenvalue weighted by atomic mass is 14.9. The van der Waals surface area contributed by atoms with Gasteiger partial charge in [0, 0.05) is 18.5 Å². The average Bonchev–Trinajstić information content (AvgIpc) is 2.19. The Balaban J connectivity index is 2.67. The molecule has 0 spiro atoms. The summed E-state index contributed by atoms with van der Waals surface area (Å²) in [7, 11) is 0. The molecule has 1 rings (SSSR count). The fourth-order valence-corrected chi connectivity index (χ4v) is 0.501. The van der Waals surface area contributed by atoms with Crippen molar-refractivity contribution in [3.05, 3.63) is 24.5 Å². The van der Waals surface area contributed by atoms with Crippen molar-refractivity contribution < 1.29 is 0 Å². The standard InChI is InChI=1S/C6H5N2/c7-3-6-8-4-1-2-5-8/h1,4-5H,6H2. The minimum absolute atomic E-state index is 0.420. The van der Waals surface area contributed by atoms with E-state index >= 15 is 0 Å². The van der Waals surface area contributed by atoms with Gasteiger partial charge in [-0.3, -0.25) is 0 Å². The van der Waals surface area contributed by atoms with Gasteiger partial charge in [-0.15, -0.1) is 0 Å². The lowest BCUT2D eigenvalue weighted by Crippen LogP contribution is -1.87. The summed E-state index contributed by atoms with van der Waals surface area (Å²) in [6.07, 6.45) is 3.55. The van der Waals surface area contributed by atoms with Gasteiger partial charge in [0.25, 0.3) is 0 Å². The monoisotopic (exact) mass is 105 g/mol. The van der Waals surface area contributed by atoms with Crippen molar-refractivity contribution in [1.82, 2.24) is 4.57 Å². The van der Waals surface area contributed by atoms with E-state index in [0.29, 0.717) is 6.54 Å². The molecule has 0 unspecified atom stereocenters. The number of hydrogen-bond donors (Lipinski definition) is 0. The Bertz CT molecular complexity index is 181. The molecule has 0 N–H and O–H groups in total. The third-order valence-corrected chi connectivity index (χ3v) is 0.856. The van der Waals surface area contributed by atoms with E-state index in [9.17, 15) is 0 Å². The Morgan fingerprint density at radius 3 is 3.12 bits per heavy atom. The molecule has 0 aromatic carbocycles. The molecule has 0 fully saturated rings. The minimum atomic E-state index is 0.420. The molecule has 39 valence electrons. The van der Waals surface area contributed by atoms with Crippen LogP contribution in [0.5, 0.6) is 0 Å². The first kappa shape index (κ1) is 4.92. The second-order valence-electron chi connectivity index (χ2n) is 1.44. The summed E-state index contributed by atoms with van der Waals surface area (Å²) in [4.78, 5) is 0. The van der Waals surface area contributed by atoms with Crippen molar-refractivity contribution in [3.63, 3.8) is 0 Å². The average molecular weight is 105 g/mol. The maximum Gasteiger partial charge on any atom is 0.109 e. The van der Waals surface area contributed by atoms with E-state index in [2.05, 4.69) is 6.07 Å². The van der Waals surface area contributed by atoms with Gasteiger partial charge < -0.3 is 4.57 Å². The Morgan fingerprint density at radius 1 is 1.75 bits per heavy atom. The lowest BCUT2D eigenvalue weighted by Gasteiger charge is -1.87. The van der Waals surface area contributed by atoms with E-state index in [1.807, 2.05) is 12.3 Å². The van der Waals surface area contributed by atoms with E-state index in [-0.39, 0.29) is 0 Å². The van der Waals surface area contributed by atoms with Gasteiger partial charge in [0.1, 0.15) is 6.54 Å². The Morgan fingerprint density at radius 2 is 2.62 bits per heavy atom. The topological polar surface area (TPSA) is 28.7 Å². The summed E-state index contributed by atoms with van der Waals surface area (Å²) in [5.41, 5.74) is 0. The van der Waals surface area contributed by atoms with Crippen molar-refractivity contribution in [1.29, 1.82) is 5.26 Å². The first-order valence-corrected chi connectivity index (χ1v) is 2.32. The molecule has 0 bridgehead atoms. The van der Waals surface area contributed by atoms with Crippen LogP contribution in [0.2, 0.25) is 0 Å². The molecule has 0 saturated carbocycles. The molecular weight excluding hydrogens is 100 g/mol. The highest BCUT2D eigenvalue weighted by Crippen LogP contribution is 1.85. The molecule has 2 heteroatoms. The molecule has 8 heavy (non-hydrogen) atoms.